The Morgan fingerprint density at radius 1 is 0.818 bits per heavy atom. The third-order valence-corrected chi connectivity index (χ3v) is 5.06. The molecule has 0 fully saturated rings. The SMILES string of the molecule is Oc1c(CC2=CCCCC2)cc(Cl)cc1CC1=CCCCC1. The van der Waals surface area contributed by atoms with Gasteiger partial charge in [-0.3, -0.25) is 0 Å². The Balaban J connectivity index is 1.81. The summed E-state index contributed by atoms with van der Waals surface area (Å²) >= 11 is 6.31. The van der Waals surface area contributed by atoms with Crippen LogP contribution in [0.3, 0.4) is 0 Å². The summed E-state index contributed by atoms with van der Waals surface area (Å²) in [6.07, 6.45) is 16.2. The van der Waals surface area contributed by atoms with Crippen LogP contribution in [-0.2, 0) is 12.8 Å². The lowest BCUT2D eigenvalue weighted by molar-refractivity contribution is 0.462. The van der Waals surface area contributed by atoms with E-state index in [2.05, 4.69) is 12.2 Å². The summed E-state index contributed by atoms with van der Waals surface area (Å²) in [6.45, 7) is 0. The molecule has 0 aliphatic heterocycles. The molecule has 2 heteroatoms. The molecule has 1 nitrogen and oxygen atoms in total. The molecule has 1 N–H and O–H groups in total. The van der Waals surface area contributed by atoms with Crippen molar-refractivity contribution < 1.29 is 5.11 Å². The Labute approximate surface area is 138 Å². The van der Waals surface area contributed by atoms with E-state index in [9.17, 15) is 5.11 Å². The van der Waals surface area contributed by atoms with Crippen molar-refractivity contribution in [3.05, 3.63) is 51.6 Å². The number of allylic oxidation sites excluding steroid dienone is 4. The minimum atomic E-state index is 0.461. The molecule has 22 heavy (non-hydrogen) atoms. The van der Waals surface area contributed by atoms with Crippen LogP contribution in [0.1, 0.15) is 62.5 Å². The van der Waals surface area contributed by atoms with E-state index in [0.29, 0.717) is 5.75 Å². The van der Waals surface area contributed by atoms with Crippen LogP contribution in [0.15, 0.2) is 35.4 Å². The first-order valence-electron chi connectivity index (χ1n) is 8.58. The predicted octanol–water partition coefficient (Wildman–Crippen LogP) is 6.13. The number of rotatable bonds is 4. The van der Waals surface area contributed by atoms with Gasteiger partial charge in [0.2, 0.25) is 0 Å². The van der Waals surface area contributed by atoms with Crippen LogP contribution in [-0.4, -0.2) is 5.11 Å². The molecular weight excluding hydrogens is 292 g/mol. The Kier molecular flexibility index (Phi) is 5.25. The lowest BCUT2D eigenvalue weighted by atomic mass is 9.90. The Morgan fingerprint density at radius 2 is 1.32 bits per heavy atom. The van der Waals surface area contributed by atoms with Gasteiger partial charge in [0.25, 0.3) is 0 Å². The molecule has 0 heterocycles. The molecule has 0 radical (unpaired) electrons. The highest BCUT2D eigenvalue weighted by atomic mass is 35.5. The Hall–Kier alpha value is -1.21. The molecule has 0 bridgehead atoms. The maximum atomic E-state index is 10.7. The van der Waals surface area contributed by atoms with Crippen LogP contribution in [0.25, 0.3) is 0 Å². The van der Waals surface area contributed by atoms with Gasteiger partial charge in [0, 0.05) is 5.02 Å². The van der Waals surface area contributed by atoms with Gasteiger partial charge in [-0.25, -0.2) is 0 Å². The van der Waals surface area contributed by atoms with Crippen molar-refractivity contribution in [2.45, 2.75) is 64.2 Å². The number of aromatic hydroxyl groups is 1. The molecule has 0 amide bonds. The van der Waals surface area contributed by atoms with Crippen LogP contribution in [0.2, 0.25) is 5.02 Å². The second kappa shape index (κ2) is 7.37. The summed E-state index contributed by atoms with van der Waals surface area (Å²) in [5.41, 5.74) is 4.89. The zero-order valence-electron chi connectivity index (χ0n) is 13.2. The number of hydrogen-bond acceptors (Lipinski definition) is 1. The summed E-state index contributed by atoms with van der Waals surface area (Å²) in [4.78, 5) is 0. The van der Waals surface area contributed by atoms with Gasteiger partial charge in [-0.15, -0.1) is 0 Å². The number of benzene rings is 1. The predicted molar refractivity (Wildman–Crippen MR) is 93.6 cm³/mol. The fraction of sp³-hybridized carbons (Fsp3) is 0.500. The van der Waals surface area contributed by atoms with E-state index < -0.39 is 0 Å². The normalized spacial score (nSPS) is 18.8. The number of halogens is 1. The monoisotopic (exact) mass is 316 g/mol. The smallest absolute Gasteiger partial charge is 0.122 e. The fourth-order valence-electron chi connectivity index (χ4n) is 3.61. The minimum absolute atomic E-state index is 0.461. The first-order valence-corrected chi connectivity index (χ1v) is 8.96. The molecule has 0 unspecified atom stereocenters. The third-order valence-electron chi connectivity index (χ3n) is 4.84. The maximum absolute atomic E-state index is 10.7. The van der Waals surface area contributed by atoms with E-state index in [4.69, 9.17) is 11.6 Å². The molecule has 0 atom stereocenters. The van der Waals surface area contributed by atoms with Gasteiger partial charge in [-0.1, -0.05) is 34.9 Å². The largest absolute Gasteiger partial charge is 0.507 e. The molecule has 118 valence electrons. The van der Waals surface area contributed by atoms with E-state index >= 15 is 0 Å². The van der Waals surface area contributed by atoms with Crippen LogP contribution in [0.4, 0.5) is 0 Å². The topological polar surface area (TPSA) is 20.2 Å². The van der Waals surface area contributed by atoms with Gasteiger partial charge in [0.15, 0.2) is 0 Å². The maximum Gasteiger partial charge on any atom is 0.122 e. The van der Waals surface area contributed by atoms with E-state index in [1.165, 1.54) is 49.7 Å². The quantitative estimate of drug-likeness (QED) is 0.662. The van der Waals surface area contributed by atoms with E-state index in [1.54, 1.807) is 0 Å². The average Bonchev–Trinajstić information content (AvgIpc) is 2.54. The first-order chi connectivity index (χ1) is 10.7. The average molecular weight is 317 g/mol. The highest BCUT2D eigenvalue weighted by Crippen LogP contribution is 2.33. The van der Waals surface area contributed by atoms with Gasteiger partial charge in [0.05, 0.1) is 0 Å². The van der Waals surface area contributed by atoms with Gasteiger partial charge in [0.1, 0.15) is 5.75 Å². The summed E-state index contributed by atoms with van der Waals surface area (Å²) in [7, 11) is 0. The van der Waals surface area contributed by atoms with Crippen molar-refractivity contribution in [3.63, 3.8) is 0 Å². The number of hydrogen-bond donors (Lipinski definition) is 1. The van der Waals surface area contributed by atoms with Gasteiger partial charge in [-0.05, 0) is 87.5 Å². The molecule has 2 aliphatic rings. The van der Waals surface area contributed by atoms with Gasteiger partial charge >= 0.3 is 0 Å². The molecule has 3 rings (SSSR count). The molecule has 2 aliphatic carbocycles. The second-order valence-corrected chi connectivity index (χ2v) is 7.08. The first kappa shape index (κ1) is 15.7. The van der Waals surface area contributed by atoms with Crippen LogP contribution < -0.4 is 0 Å². The van der Waals surface area contributed by atoms with Crippen molar-refractivity contribution in [2.24, 2.45) is 0 Å². The standard InChI is InChI=1S/C20H25ClO/c21-19-13-17(11-15-7-3-1-4-8-15)20(22)18(14-19)12-16-9-5-2-6-10-16/h7,9,13-14,22H,1-6,8,10-12H2. The van der Waals surface area contributed by atoms with Crippen molar-refractivity contribution in [1.82, 2.24) is 0 Å². The lowest BCUT2D eigenvalue weighted by Crippen LogP contribution is -2.00. The molecular formula is C20H25ClO. The van der Waals surface area contributed by atoms with Gasteiger partial charge < -0.3 is 5.11 Å². The van der Waals surface area contributed by atoms with Gasteiger partial charge in [-0.2, -0.15) is 0 Å². The molecule has 0 saturated carbocycles. The van der Waals surface area contributed by atoms with Crippen molar-refractivity contribution in [2.75, 3.05) is 0 Å². The van der Waals surface area contributed by atoms with E-state index in [0.717, 1.165) is 41.8 Å². The zero-order valence-corrected chi connectivity index (χ0v) is 14.0. The van der Waals surface area contributed by atoms with Crippen LogP contribution in [0, 0.1) is 0 Å². The highest BCUT2D eigenvalue weighted by molar-refractivity contribution is 6.30. The van der Waals surface area contributed by atoms with Crippen molar-refractivity contribution >= 4 is 11.6 Å². The molecule has 0 spiro atoms. The minimum Gasteiger partial charge on any atom is -0.507 e. The molecule has 0 aromatic heterocycles. The molecule has 1 aromatic rings. The lowest BCUT2D eigenvalue weighted by Gasteiger charge is -2.17. The summed E-state index contributed by atoms with van der Waals surface area (Å²) in [5.74, 6) is 0.461. The second-order valence-electron chi connectivity index (χ2n) is 6.64. The fourth-order valence-corrected chi connectivity index (χ4v) is 3.87. The summed E-state index contributed by atoms with van der Waals surface area (Å²) < 4.78 is 0. The van der Waals surface area contributed by atoms with Crippen molar-refractivity contribution in [3.8, 4) is 5.75 Å². The molecule has 0 saturated heterocycles. The van der Waals surface area contributed by atoms with E-state index in [-0.39, 0.29) is 0 Å². The van der Waals surface area contributed by atoms with Crippen molar-refractivity contribution in [1.29, 1.82) is 0 Å². The number of phenolic OH excluding ortho intramolecular Hbond substituents is 1. The molecule has 1 aromatic carbocycles. The van der Waals surface area contributed by atoms with Crippen LogP contribution in [0.5, 0.6) is 5.75 Å². The van der Waals surface area contributed by atoms with E-state index in [1.807, 2.05) is 12.1 Å². The summed E-state index contributed by atoms with van der Waals surface area (Å²) in [6, 6.07) is 3.87. The number of phenols is 1. The zero-order chi connectivity index (χ0) is 15.4. The summed E-state index contributed by atoms with van der Waals surface area (Å²) in [5, 5.41) is 11.4. The Morgan fingerprint density at radius 3 is 1.73 bits per heavy atom. The van der Waals surface area contributed by atoms with Crippen LogP contribution >= 0.6 is 11.6 Å². The third kappa shape index (κ3) is 3.95. The Bertz CT molecular complexity index is 549. The highest BCUT2D eigenvalue weighted by Gasteiger charge is 2.14.